The van der Waals surface area contributed by atoms with Crippen LogP contribution in [-0.2, 0) is 11.4 Å². The average molecular weight is 528 g/mol. The molecule has 0 radical (unpaired) electrons. The molecule has 5 rings (SSSR count). The van der Waals surface area contributed by atoms with E-state index in [1.54, 1.807) is 31.2 Å². The van der Waals surface area contributed by atoms with Crippen molar-refractivity contribution in [2.75, 3.05) is 0 Å². The molecule has 7 nitrogen and oxygen atoms in total. The highest BCUT2D eigenvalue weighted by molar-refractivity contribution is 6.32. The first-order valence-corrected chi connectivity index (χ1v) is 11.4. The highest BCUT2D eigenvalue weighted by Crippen LogP contribution is 2.30. The highest BCUT2D eigenvalue weighted by Gasteiger charge is 2.26. The first-order chi connectivity index (χ1) is 18.2. The Morgan fingerprint density at radius 2 is 1.71 bits per heavy atom. The number of hydroxylamine groups is 2. The van der Waals surface area contributed by atoms with Gasteiger partial charge in [0.1, 0.15) is 23.9 Å². The zero-order chi connectivity index (χ0) is 27.0. The summed E-state index contributed by atoms with van der Waals surface area (Å²) in [6.07, 6.45) is -2.50. The van der Waals surface area contributed by atoms with Gasteiger partial charge >= 0.3 is 6.55 Å². The molecule has 1 aliphatic heterocycles. The van der Waals surface area contributed by atoms with Crippen LogP contribution in [0, 0.1) is 12.7 Å². The van der Waals surface area contributed by atoms with E-state index in [2.05, 4.69) is 15.0 Å². The Hall–Kier alpha value is -4.16. The SMILES string of the molecule is Cc1cc(C2=CN(OCc3nc4ccccc4n3C(F)F)C(N)N=C2c2ccc(F)cc2)cc(C(F)F)n1. The summed E-state index contributed by atoms with van der Waals surface area (Å²) in [6.45, 7) is -1.67. The molecule has 1 unspecified atom stereocenters. The summed E-state index contributed by atoms with van der Waals surface area (Å²) in [5.74, 6) is -0.511. The first kappa shape index (κ1) is 25.5. The number of para-hydroxylation sites is 2. The Morgan fingerprint density at radius 3 is 2.42 bits per heavy atom. The second kappa shape index (κ2) is 10.3. The number of allylic oxidation sites excluding steroid dienone is 1. The Kier molecular flexibility index (Phi) is 6.91. The van der Waals surface area contributed by atoms with Crippen molar-refractivity contribution in [3.05, 3.63) is 101 Å². The molecule has 0 saturated carbocycles. The van der Waals surface area contributed by atoms with Crippen molar-refractivity contribution < 1.29 is 26.8 Å². The van der Waals surface area contributed by atoms with Gasteiger partial charge in [-0.1, -0.05) is 12.1 Å². The number of nitrogens with two attached hydrogens (primary N) is 1. The molecule has 0 bridgehead atoms. The predicted molar refractivity (Wildman–Crippen MR) is 130 cm³/mol. The average Bonchev–Trinajstić information content (AvgIpc) is 3.26. The lowest BCUT2D eigenvalue weighted by molar-refractivity contribution is -0.160. The number of hydrogen-bond acceptors (Lipinski definition) is 6. The molecule has 196 valence electrons. The molecule has 0 saturated heterocycles. The monoisotopic (exact) mass is 528 g/mol. The summed E-state index contributed by atoms with van der Waals surface area (Å²) in [5, 5.41) is 1.13. The number of pyridine rings is 1. The van der Waals surface area contributed by atoms with Crippen molar-refractivity contribution in [2.24, 2.45) is 10.7 Å². The standard InChI is InChI=1S/C26H21F5N6O/c1-14-10-16(11-20(33-14)24(28)29)18-12-36(26(32)35-23(18)15-6-8-17(27)9-7-15)38-13-22-34-19-4-2-3-5-21(19)37(22)25(30)31/h2-12,24-26H,13,32H2,1H3. The van der Waals surface area contributed by atoms with Gasteiger partial charge in [-0.3, -0.25) is 20.1 Å². The molecule has 12 heteroatoms. The molecule has 2 N–H and O–H groups in total. The summed E-state index contributed by atoms with van der Waals surface area (Å²) in [4.78, 5) is 18.3. The van der Waals surface area contributed by atoms with E-state index in [1.807, 2.05) is 0 Å². The molecule has 0 aliphatic carbocycles. The number of alkyl halides is 4. The number of rotatable bonds is 7. The minimum Gasteiger partial charge on any atom is -0.291 e. The number of halogens is 5. The maximum atomic E-state index is 13.8. The predicted octanol–water partition coefficient (Wildman–Crippen LogP) is 5.73. The normalized spacial score (nSPS) is 15.9. The largest absolute Gasteiger partial charge is 0.320 e. The minimum atomic E-state index is -2.86. The van der Waals surface area contributed by atoms with E-state index >= 15 is 0 Å². The molecule has 1 atom stereocenters. The second-order valence-corrected chi connectivity index (χ2v) is 8.46. The Morgan fingerprint density at radius 1 is 0.974 bits per heavy atom. The lowest BCUT2D eigenvalue weighted by atomic mass is 9.95. The fourth-order valence-electron chi connectivity index (χ4n) is 4.19. The summed E-state index contributed by atoms with van der Waals surface area (Å²) in [7, 11) is 0. The molecular weight excluding hydrogens is 507 g/mol. The van der Waals surface area contributed by atoms with Gasteiger partial charge < -0.3 is 0 Å². The first-order valence-electron chi connectivity index (χ1n) is 11.4. The fourth-order valence-corrected chi connectivity index (χ4v) is 4.19. The number of benzene rings is 2. The van der Waals surface area contributed by atoms with E-state index in [0.29, 0.717) is 33.6 Å². The lowest BCUT2D eigenvalue weighted by Gasteiger charge is -2.30. The third-order valence-corrected chi connectivity index (χ3v) is 5.87. The number of aromatic nitrogens is 3. The molecule has 38 heavy (non-hydrogen) atoms. The molecule has 1 aliphatic rings. The number of nitrogens with zero attached hydrogens (tertiary/aromatic N) is 5. The topological polar surface area (TPSA) is 81.6 Å². The van der Waals surface area contributed by atoms with Gasteiger partial charge in [0, 0.05) is 23.0 Å². The quantitative estimate of drug-likeness (QED) is 0.310. The number of aryl methyl sites for hydroxylation is 1. The zero-order valence-corrected chi connectivity index (χ0v) is 19.9. The molecular formula is C26H21F5N6O. The van der Waals surface area contributed by atoms with Crippen LogP contribution >= 0.6 is 0 Å². The van der Waals surface area contributed by atoms with E-state index in [4.69, 9.17) is 10.6 Å². The van der Waals surface area contributed by atoms with Crippen molar-refractivity contribution >= 4 is 22.3 Å². The molecule has 2 aromatic heterocycles. The van der Waals surface area contributed by atoms with E-state index in [0.717, 1.165) is 9.63 Å². The van der Waals surface area contributed by atoms with Crippen LogP contribution in [0.15, 0.2) is 71.9 Å². The molecule has 4 aromatic rings. The van der Waals surface area contributed by atoms with Crippen molar-refractivity contribution in [3.8, 4) is 0 Å². The Labute approximate surface area is 213 Å². The van der Waals surface area contributed by atoms with Crippen LogP contribution < -0.4 is 5.73 Å². The minimum absolute atomic E-state index is 0.0450. The highest BCUT2D eigenvalue weighted by atomic mass is 19.3. The number of hydrogen-bond donors (Lipinski definition) is 1. The Bertz CT molecular complexity index is 1530. The van der Waals surface area contributed by atoms with E-state index < -0.39 is 30.8 Å². The van der Waals surface area contributed by atoms with E-state index in [-0.39, 0.29) is 17.9 Å². The maximum absolute atomic E-state index is 13.8. The van der Waals surface area contributed by atoms with Gasteiger partial charge in [-0.25, -0.2) is 28.2 Å². The van der Waals surface area contributed by atoms with Gasteiger partial charge in [-0.05, 0) is 61.0 Å². The Balaban J connectivity index is 1.53. The van der Waals surface area contributed by atoms with Crippen LogP contribution in [0.25, 0.3) is 16.6 Å². The maximum Gasteiger partial charge on any atom is 0.320 e. The number of aliphatic imine (C=N–C) groups is 1. The van der Waals surface area contributed by atoms with Crippen molar-refractivity contribution in [1.82, 2.24) is 19.6 Å². The summed E-state index contributed by atoms with van der Waals surface area (Å²) in [6, 6.07) is 14.7. The van der Waals surface area contributed by atoms with Crippen LogP contribution in [0.2, 0.25) is 0 Å². The van der Waals surface area contributed by atoms with Gasteiger partial charge in [0.25, 0.3) is 6.43 Å². The van der Waals surface area contributed by atoms with Crippen LogP contribution in [0.1, 0.15) is 41.3 Å². The van der Waals surface area contributed by atoms with Gasteiger partial charge in [0.15, 0.2) is 6.29 Å². The molecule has 2 aromatic carbocycles. The molecule has 0 spiro atoms. The molecule has 0 amide bonds. The van der Waals surface area contributed by atoms with Crippen molar-refractivity contribution in [2.45, 2.75) is 32.8 Å². The third kappa shape index (κ3) is 5.00. The summed E-state index contributed by atoms with van der Waals surface area (Å²) in [5.41, 5.74) is 8.20. The van der Waals surface area contributed by atoms with Gasteiger partial charge in [0.05, 0.1) is 16.7 Å². The van der Waals surface area contributed by atoms with Gasteiger partial charge in [-0.15, -0.1) is 0 Å². The fraction of sp³-hybridized carbons (Fsp3) is 0.192. The number of imidazole rings is 1. The van der Waals surface area contributed by atoms with Gasteiger partial charge in [0.2, 0.25) is 0 Å². The van der Waals surface area contributed by atoms with Crippen LogP contribution in [0.4, 0.5) is 22.0 Å². The second-order valence-electron chi connectivity index (χ2n) is 8.46. The van der Waals surface area contributed by atoms with Crippen LogP contribution in [0.3, 0.4) is 0 Å². The van der Waals surface area contributed by atoms with E-state index in [9.17, 15) is 22.0 Å². The van der Waals surface area contributed by atoms with Crippen molar-refractivity contribution in [1.29, 1.82) is 0 Å². The van der Waals surface area contributed by atoms with Gasteiger partial charge in [-0.2, -0.15) is 8.78 Å². The third-order valence-electron chi connectivity index (χ3n) is 5.87. The molecule has 3 heterocycles. The van der Waals surface area contributed by atoms with Crippen LogP contribution in [0.5, 0.6) is 0 Å². The molecule has 0 fully saturated rings. The zero-order valence-electron chi connectivity index (χ0n) is 19.9. The lowest BCUT2D eigenvalue weighted by Crippen LogP contribution is -2.41. The summed E-state index contributed by atoms with van der Waals surface area (Å²) >= 11 is 0. The van der Waals surface area contributed by atoms with Crippen molar-refractivity contribution in [3.63, 3.8) is 0 Å². The smallest absolute Gasteiger partial charge is 0.291 e. The van der Waals surface area contributed by atoms with E-state index in [1.165, 1.54) is 42.6 Å². The number of fused-ring (bicyclic) bond motifs is 1. The van der Waals surface area contributed by atoms with Crippen LogP contribution in [-0.4, -0.2) is 31.6 Å². The summed E-state index contributed by atoms with van der Waals surface area (Å²) < 4.78 is 69.0.